The Morgan fingerprint density at radius 2 is 2.00 bits per heavy atom. The van der Waals surface area contributed by atoms with Crippen LogP contribution in [0.2, 0.25) is 0 Å². The molecular formula is C16H27N3O2. The minimum atomic E-state index is 0.412. The van der Waals surface area contributed by atoms with Crippen molar-refractivity contribution in [1.82, 2.24) is 10.6 Å². The SMILES string of the molecule is CN=C(NCCOC)NCC(C)COCc1ccccc1. The van der Waals surface area contributed by atoms with Crippen LogP contribution >= 0.6 is 0 Å². The van der Waals surface area contributed by atoms with Gasteiger partial charge in [0.15, 0.2) is 5.96 Å². The second-order valence-electron chi connectivity index (χ2n) is 4.98. The van der Waals surface area contributed by atoms with Gasteiger partial charge in [-0.2, -0.15) is 0 Å². The molecule has 1 rings (SSSR count). The molecular weight excluding hydrogens is 266 g/mol. The monoisotopic (exact) mass is 293 g/mol. The number of nitrogens with zero attached hydrogens (tertiary/aromatic N) is 1. The molecule has 1 unspecified atom stereocenters. The molecule has 0 aliphatic carbocycles. The molecule has 0 spiro atoms. The van der Waals surface area contributed by atoms with Gasteiger partial charge in [0.25, 0.3) is 0 Å². The van der Waals surface area contributed by atoms with Crippen molar-refractivity contribution in [2.24, 2.45) is 10.9 Å². The van der Waals surface area contributed by atoms with E-state index >= 15 is 0 Å². The molecule has 0 heterocycles. The summed E-state index contributed by atoms with van der Waals surface area (Å²) in [5.41, 5.74) is 1.20. The van der Waals surface area contributed by atoms with Gasteiger partial charge in [0.05, 0.1) is 19.8 Å². The van der Waals surface area contributed by atoms with Crippen molar-refractivity contribution in [2.75, 3.05) is 40.5 Å². The van der Waals surface area contributed by atoms with E-state index in [0.29, 0.717) is 19.1 Å². The quantitative estimate of drug-likeness (QED) is 0.413. The maximum atomic E-state index is 5.73. The van der Waals surface area contributed by atoms with E-state index in [1.54, 1.807) is 14.2 Å². The van der Waals surface area contributed by atoms with Crippen molar-refractivity contribution < 1.29 is 9.47 Å². The molecule has 1 atom stereocenters. The van der Waals surface area contributed by atoms with Gasteiger partial charge in [-0.05, 0) is 11.5 Å². The summed E-state index contributed by atoms with van der Waals surface area (Å²) < 4.78 is 10.7. The highest BCUT2D eigenvalue weighted by atomic mass is 16.5. The van der Waals surface area contributed by atoms with Crippen molar-refractivity contribution in [3.05, 3.63) is 35.9 Å². The lowest BCUT2D eigenvalue weighted by molar-refractivity contribution is 0.0931. The Balaban J connectivity index is 2.13. The standard InChI is InChI=1S/C16H27N3O2/c1-14(11-19-16(17-2)18-9-10-20-3)12-21-13-15-7-5-4-6-8-15/h4-8,14H,9-13H2,1-3H3,(H2,17,18,19). The molecule has 0 bridgehead atoms. The summed E-state index contributed by atoms with van der Waals surface area (Å²) in [5.74, 6) is 1.21. The van der Waals surface area contributed by atoms with E-state index in [2.05, 4.69) is 34.7 Å². The van der Waals surface area contributed by atoms with Gasteiger partial charge in [0, 0.05) is 27.2 Å². The maximum Gasteiger partial charge on any atom is 0.191 e. The fraction of sp³-hybridized carbons (Fsp3) is 0.562. The lowest BCUT2D eigenvalue weighted by atomic mass is 10.2. The second-order valence-corrected chi connectivity index (χ2v) is 4.98. The Morgan fingerprint density at radius 3 is 2.67 bits per heavy atom. The normalized spacial score (nSPS) is 13.0. The average Bonchev–Trinajstić information content (AvgIpc) is 2.52. The van der Waals surface area contributed by atoms with E-state index in [4.69, 9.17) is 9.47 Å². The number of methoxy groups -OCH3 is 1. The minimum Gasteiger partial charge on any atom is -0.383 e. The lowest BCUT2D eigenvalue weighted by Crippen LogP contribution is -2.41. The number of hydrogen-bond donors (Lipinski definition) is 2. The zero-order chi connectivity index (χ0) is 15.3. The van der Waals surface area contributed by atoms with Crippen molar-refractivity contribution in [1.29, 1.82) is 0 Å². The van der Waals surface area contributed by atoms with Crippen LogP contribution in [-0.4, -0.2) is 46.4 Å². The molecule has 0 aromatic heterocycles. The Hall–Kier alpha value is -1.59. The van der Waals surface area contributed by atoms with Crippen LogP contribution in [0.15, 0.2) is 35.3 Å². The van der Waals surface area contributed by atoms with Gasteiger partial charge in [-0.25, -0.2) is 0 Å². The molecule has 5 heteroatoms. The van der Waals surface area contributed by atoms with E-state index < -0.39 is 0 Å². The molecule has 0 saturated heterocycles. The average molecular weight is 293 g/mol. The number of hydrogen-bond acceptors (Lipinski definition) is 3. The molecule has 21 heavy (non-hydrogen) atoms. The first kappa shape index (κ1) is 17.5. The third-order valence-corrected chi connectivity index (χ3v) is 2.95. The maximum absolute atomic E-state index is 5.73. The van der Waals surface area contributed by atoms with Crippen molar-refractivity contribution in [3.63, 3.8) is 0 Å². The Bertz CT molecular complexity index is 396. The molecule has 2 N–H and O–H groups in total. The number of benzene rings is 1. The van der Waals surface area contributed by atoms with Crippen LogP contribution in [0.3, 0.4) is 0 Å². The van der Waals surface area contributed by atoms with Gasteiger partial charge in [-0.1, -0.05) is 37.3 Å². The molecule has 1 aromatic carbocycles. The lowest BCUT2D eigenvalue weighted by Gasteiger charge is -2.16. The van der Waals surface area contributed by atoms with Crippen LogP contribution in [0.4, 0.5) is 0 Å². The van der Waals surface area contributed by atoms with E-state index in [1.165, 1.54) is 5.56 Å². The predicted octanol–water partition coefficient (Wildman–Crippen LogP) is 1.65. The smallest absolute Gasteiger partial charge is 0.191 e. The van der Waals surface area contributed by atoms with Crippen molar-refractivity contribution in [2.45, 2.75) is 13.5 Å². The van der Waals surface area contributed by atoms with Gasteiger partial charge in [-0.3, -0.25) is 4.99 Å². The van der Waals surface area contributed by atoms with Crippen LogP contribution < -0.4 is 10.6 Å². The number of aliphatic imine (C=N–C) groups is 1. The molecule has 0 saturated carbocycles. The summed E-state index contributed by atoms with van der Waals surface area (Å²) in [6.07, 6.45) is 0. The van der Waals surface area contributed by atoms with E-state index in [1.807, 2.05) is 18.2 Å². The third-order valence-electron chi connectivity index (χ3n) is 2.95. The summed E-state index contributed by atoms with van der Waals surface area (Å²) in [6, 6.07) is 10.2. The zero-order valence-electron chi connectivity index (χ0n) is 13.3. The number of guanidine groups is 1. The van der Waals surface area contributed by atoms with Crippen molar-refractivity contribution in [3.8, 4) is 0 Å². The molecule has 0 aliphatic heterocycles. The summed E-state index contributed by atoms with van der Waals surface area (Å²) in [6.45, 7) is 5.76. The van der Waals surface area contributed by atoms with E-state index in [9.17, 15) is 0 Å². The Kier molecular flexibility index (Phi) is 9.24. The first-order valence-corrected chi connectivity index (χ1v) is 7.31. The van der Waals surface area contributed by atoms with Gasteiger partial charge >= 0.3 is 0 Å². The highest BCUT2D eigenvalue weighted by Crippen LogP contribution is 2.02. The van der Waals surface area contributed by atoms with Gasteiger partial charge in [0.2, 0.25) is 0 Å². The molecule has 5 nitrogen and oxygen atoms in total. The summed E-state index contributed by atoms with van der Waals surface area (Å²) in [7, 11) is 3.45. The molecule has 0 fully saturated rings. The summed E-state index contributed by atoms with van der Waals surface area (Å²) >= 11 is 0. The number of ether oxygens (including phenoxy) is 2. The van der Waals surface area contributed by atoms with Crippen LogP contribution in [0.25, 0.3) is 0 Å². The first-order valence-electron chi connectivity index (χ1n) is 7.31. The van der Waals surface area contributed by atoms with Crippen LogP contribution in [0.1, 0.15) is 12.5 Å². The summed E-state index contributed by atoms with van der Waals surface area (Å²) in [4.78, 5) is 4.16. The molecule has 118 valence electrons. The predicted molar refractivity (Wildman–Crippen MR) is 86.5 cm³/mol. The molecule has 1 aromatic rings. The van der Waals surface area contributed by atoms with E-state index in [-0.39, 0.29) is 0 Å². The Morgan fingerprint density at radius 1 is 1.24 bits per heavy atom. The molecule has 0 aliphatic rings. The van der Waals surface area contributed by atoms with Gasteiger partial charge in [-0.15, -0.1) is 0 Å². The molecule has 0 amide bonds. The second kappa shape index (κ2) is 11.1. The summed E-state index contributed by atoms with van der Waals surface area (Å²) in [5, 5.41) is 6.46. The fourth-order valence-electron chi connectivity index (χ4n) is 1.77. The number of nitrogens with one attached hydrogen (secondary N) is 2. The van der Waals surface area contributed by atoms with Crippen LogP contribution in [0.5, 0.6) is 0 Å². The first-order chi connectivity index (χ1) is 10.3. The molecule has 0 radical (unpaired) electrons. The third kappa shape index (κ3) is 8.32. The zero-order valence-corrected chi connectivity index (χ0v) is 13.3. The topological polar surface area (TPSA) is 54.9 Å². The number of rotatable bonds is 9. The van der Waals surface area contributed by atoms with E-state index in [0.717, 1.165) is 25.7 Å². The van der Waals surface area contributed by atoms with Crippen LogP contribution in [-0.2, 0) is 16.1 Å². The van der Waals surface area contributed by atoms with Crippen molar-refractivity contribution >= 4 is 5.96 Å². The highest BCUT2D eigenvalue weighted by Gasteiger charge is 2.04. The largest absolute Gasteiger partial charge is 0.383 e. The van der Waals surface area contributed by atoms with Gasteiger partial charge in [0.1, 0.15) is 0 Å². The highest BCUT2D eigenvalue weighted by molar-refractivity contribution is 5.79. The Labute approximate surface area is 127 Å². The fourth-order valence-corrected chi connectivity index (χ4v) is 1.77. The van der Waals surface area contributed by atoms with Gasteiger partial charge < -0.3 is 20.1 Å². The van der Waals surface area contributed by atoms with Crippen LogP contribution in [0, 0.1) is 5.92 Å². The minimum absolute atomic E-state index is 0.412.